The number of carbonyl (C=O) groups is 1. The summed E-state index contributed by atoms with van der Waals surface area (Å²) >= 11 is 1.98. The van der Waals surface area contributed by atoms with E-state index in [1.165, 1.54) is 0 Å². The molecule has 0 aromatic carbocycles. The molecule has 0 aromatic heterocycles. The molecule has 0 radical (unpaired) electrons. The zero-order valence-corrected chi connectivity index (χ0v) is 17.2. The Morgan fingerprint density at radius 2 is 2.00 bits per heavy atom. The van der Waals surface area contributed by atoms with E-state index in [2.05, 4.69) is 55.6 Å². The summed E-state index contributed by atoms with van der Waals surface area (Å²) in [6, 6.07) is 0.175. The number of carbonyl (C=O) groups excluding carboxylic acids is 1. The van der Waals surface area contributed by atoms with Gasteiger partial charge in [-0.2, -0.15) is 0 Å². The molecule has 1 saturated heterocycles. The van der Waals surface area contributed by atoms with Gasteiger partial charge in [-0.3, -0.25) is 4.79 Å². The van der Waals surface area contributed by atoms with E-state index in [9.17, 15) is 4.79 Å². The first-order valence-electron chi connectivity index (χ1n) is 7.37. The Kier molecular flexibility index (Phi) is 7.18. The predicted octanol–water partition coefficient (Wildman–Crippen LogP) is 3.56. The minimum Gasteiger partial charge on any atom is -0.415 e. The molecular weight excluding hydrogens is 405 g/mol. The number of likely N-dealkylation sites (tertiary alicyclic amines) is 1. The molecular formula is C17H24INO2Si. The highest BCUT2D eigenvalue weighted by Gasteiger charge is 2.41. The van der Waals surface area contributed by atoms with Crippen molar-refractivity contribution in [3.63, 3.8) is 0 Å². The van der Waals surface area contributed by atoms with Crippen LogP contribution in [0.2, 0.25) is 18.1 Å². The Balaban J connectivity index is 2.49. The van der Waals surface area contributed by atoms with Gasteiger partial charge >= 0.3 is 0 Å². The summed E-state index contributed by atoms with van der Waals surface area (Å²) in [6.07, 6.45) is 3.99. The summed E-state index contributed by atoms with van der Waals surface area (Å²) in [5.41, 5.74) is 0. The maximum absolute atomic E-state index is 11.7. The number of hydrogen-bond donors (Lipinski definition) is 0. The first kappa shape index (κ1) is 19.3. The molecule has 1 unspecified atom stereocenters. The third kappa shape index (κ3) is 5.46. The summed E-state index contributed by atoms with van der Waals surface area (Å²) in [7, 11) is -1.76. The lowest BCUT2D eigenvalue weighted by molar-refractivity contribution is -0.146. The smallest absolute Gasteiger partial charge is 0.225 e. The molecule has 0 bridgehead atoms. The van der Waals surface area contributed by atoms with Crippen molar-refractivity contribution in [2.24, 2.45) is 0 Å². The van der Waals surface area contributed by atoms with Crippen molar-refractivity contribution < 1.29 is 9.22 Å². The summed E-state index contributed by atoms with van der Waals surface area (Å²) in [5.74, 6) is 8.83. The summed E-state index contributed by atoms with van der Waals surface area (Å²) in [5, 5.41) is 0.190. The van der Waals surface area contributed by atoms with Crippen LogP contribution in [0.25, 0.3) is 0 Å². The molecule has 1 aliphatic rings. The van der Waals surface area contributed by atoms with Gasteiger partial charge in [0, 0.05) is 29.0 Å². The second-order valence-corrected chi connectivity index (χ2v) is 12.2. The Morgan fingerprint density at radius 3 is 2.55 bits per heavy atom. The fraction of sp³-hybridized carbons (Fsp3) is 0.588. The minimum atomic E-state index is -1.76. The van der Waals surface area contributed by atoms with Crippen LogP contribution in [-0.4, -0.2) is 38.3 Å². The Bertz CT molecular complexity index is 555. The molecule has 5 heteroatoms. The quantitative estimate of drug-likeness (QED) is 0.296. The Labute approximate surface area is 149 Å². The average molecular weight is 429 g/mol. The molecule has 0 N–H and O–H groups in total. The summed E-state index contributed by atoms with van der Waals surface area (Å²) in [4.78, 5) is 13.5. The standard InChI is InChI=1S/C17H24INO2Si/c1-17(2,3)22(4,5)21-14-15-13-16(20)19(15)12-10-8-6-7-9-11-18/h6-7,15H,12-14H2,1-5H3/b7-6-. The molecule has 1 aliphatic heterocycles. The normalized spacial score (nSPS) is 18.4. The largest absolute Gasteiger partial charge is 0.415 e. The van der Waals surface area contributed by atoms with Gasteiger partial charge in [-0.05, 0) is 34.2 Å². The van der Waals surface area contributed by atoms with Crippen LogP contribution in [0.15, 0.2) is 12.2 Å². The van der Waals surface area contributed by atoms with Crippen LogP contribution >= 0.6 is 22.6 Å². The van der Waals surface area contributed by atoms with Crippen LogP contribution in [0.4, 0.5) is 0 Å². The van der Waals surface area contributed by atoms with E-state index >= 15 is 0 Å². The van der Waals surface area contributed by atoms with Crippen molar-refractivity contribution in [2.45, 2.75) is 51.4 Å². The number of hydrogen-bond acceptors (Lipinski definition) is 2. The van der Waals surface area contributed by atoms with E-state index in [0.717, 1.165) is 0 Å². The van der Waals surface area contributed by atoms with Gasteiger partial charge in [-0.15, -0.1) is 0 Å². The molecule has 1 amide bonds. The van der Waals surface area contributed by atoms with Crippen LogP contribution in [0.1, 0.15) is 27.2 Å². The topological polar surface area (TPSA) is 29.5 Å². The van der Waals surface area contributed by atoms with E-state index in [4.69, 9.17) is 4.43 Å². The van der Waals surface area contributed by atoms with Gasteiger partial charge in [0.1, 0.15) is 0 Å². The molecule has 1 fully saturated rings. The number of halogens is 1. The number of nitrogens with zero attached hydrogens (tertiary/aromatic N) is 1. The van der Waals surface area contributed by atoms with Gasteiger partial charge in [0.2, 0.25) is 5.91 Å². The highest BCUT2D eigenvalue weighted by molar-refractivity contribution is 14.1. The van der Waals surface area contributed by atoms with E-state index in [1.54, 1.807) is 17.1 Å². The minimum absolute atomic E-state index is 0.161. The highest BCUT2D eigenvalue weighted by Crippen LogP contribution is 2.37. The van der Waals surface area contributed by atoms with Crippen molar-refractivity contribution >= 4 is 36.8 Å². The van der Waals surface area contributed by atoms with E-state index in [0.29, 0.717) is 19.6 Å². The van der Waals surface area contributed by atoms with Gasteiger partial charge in [0.15, 0.2) is 8.32 Å². The monoisotopic (exact) mass is 429 g/mol. The van der Waals surface area contributed by atoms with Crippen molar-refractivity contribution in [3.8, 4) is 21.7 Å². The summed E-state index contributed by atoms with van der Waals surface area (Å²) in [6.45, 7) is 12.2. The number of β-lactam (4-membered cyclic amide) rings is 1. The predicted molar refractivity (Wildman–Crippen MR) is 102 cm³/mol. The molecule has 0 spiro atoms. The molecule has 3 nitrogen and oxygen atoms in total. The maximum atomic E-state index is 11.7. The molecule has 0 aromatic rings. The molecule has 1 heterocycles. The summed E-state index contributed by atoms with van der Waals surface area (Å²) < 4.78 is 8.93. The SMILES string of the molecule is CC(C)(C)[Si](C)(C)OCC1CC(=O)N1CC#C/C=C\C#CI. The van der Waals surface area contributed by atoms with Crippen LogP contribution in [0.3, 0.4) is 0 Å². The fourth-order valence-corrected chi connectivity index (χ4v) is 2.93. The lowest BCUT2D eigenvalue weighted by Crippen LogP contribution is -2.56. The number of rotatable bonds is 4. The van der Waals surface area contributed by atoms with E-state index < -0.39 is 8.32 Å². The van der Waals surface area contributed by atoms with Crippen molar-refractivity contribution in [2.75, 3.05) is 13.2 Å². The molecule has 120 valence electrons. The van der Waals surface area contributed by atoms with Crippen LogP contribution in [0.5, 0.6) is 0 Å². The zero-order valence-electron chi connectivity index (χ0n) is 14.0. The number of allylic oxidation sites excluding steroid dienone is 2. The van der Waals surface area contributed by atoms with E-state index in [-0.39, 0.29) is 17.0 Å². The lowest BCUT2D eigenvalue weighted by Gasteiger charge is -2.43. The van der Waals surface area contributed by atoms with Gasteiger partial charge in [-0.1, -0.05) is 38.5 Å². The van der Waals surface area contributed by atoms with Crippen molar-refractivity contribution in [3.05, 3.63) is 12.2 Å². The lowest BCUT2D eigenvalue weighted by atomic mass is 10.0. The average Bonchev–Trinajstić information content (AvgIpc) is 2.41. The third-order valence-corrected chi connectivity index (χ3v) is 9.08. The van der Waals surface area contributed by atoms with Crippen LogP contribution < -0.4 is 0 Å². The third-order valence-electron chi connectivity index (χ3n) is 4.27. The first-order chi connectivity index (χ1) is 10.2. The molecule has 0 saturated carbocycles. The van der Waals surface area contributed by atoms with Crippen LogP contribution in [-0.2, 0) is 9.22 Å². The van der Waals surface area contributed by atoms with E-state index in [1.807, 2.05) is 22.6 Å². The van der Waals surface area contributed by atoms with Gasteiger partial charge in [0.25, 0.3) is 0 Å². The molecule has 1 rings (SSSR count). The molecule has 22 heavy (non-hydrogen) atoms. The van der Waals surface area contributed by atoms with Crippen molar-refractivity contribution in [1.29, 1.82) is 0 Å². The molecule has 1 atom stereocenters. The second-order valence-electron chi connectivity index (χ2n) is 6.84. The Hall–Kier alpha value is -0.763. The maximum Gasteiger partial charge on any atom is 0.225 e. The van der Waals surface area contributed by atoms with Gasteiger partial charge < -0.3 is 9.33 Å². The molecule has 0 aliphatic carbocycles. The van der Waals surface area contributed by atoms with Crippen LogP contribution in [0, 0.1) is 21.7 Å². The first-order valence-corrected chi connectivity index (χ1v) is 11.4. The fourth-order valence-electron chi connectivity index (χ4n) is 1.71. The van der Waals surface area contributed by atoms with Gasteiger partial charge in [0.05, 0.1) is 19.2 Å². The highest BCUT2D eigenvalue weighted by atomic mass is 127. The second kappa shape index (κ2) is 8.19. The number of amides is 1. The van der Waals surface area contributed by atoms with Crippen molar-refractivity contribution in [1.82, 2.24) is 4.90 Å². The van der Waals surface area contributed by atoms with Gasteiger partial charge in [-0.25, -0.2) is 0 Å². The Morgan fingerprint density at radius 1 is 1.36 bits per heavy atom. The zero-order chi connectivity index (χ0) is 16.8.